The van der Waals surface area contributed by atoms with Gasteiger partial charge in [0.2, 0.25) is 0 Å². The third-order valence-electron chi connectivity index (χ3n) is 30.0. The Morgan fingerprint density at radius 2 is 0.243 bits per heavy atom. The number of benzene rings is 28. The predicted molar refractivity (Wildman–Crippen MR) is 636 cm³/mol. The van der Waals surface area contributed by atoms with Crippen molar-refractivity contribution >= 4 is 108 Å². The minimum absolute atomic E-state index is 1.21. The Hall–Kier alpha value is -19.2. The second-order valence-electron chi connectivity index (χ2n) is 38.5. The third-order valence-corrected chi connectivity index (χ3v) is 30.0. The molecule has 0 unspecified atom stereocenters. The van der Waals surface area contributed by atoms with E-state index in [-0.39, 0.29) is 0 Å². The van der Waals surface area contributed by atoms with Crippen molar-refractivity contribution in [2.75, 3.05) is 0 Å². The van der Waals surface area contributed by atoms with Gasteiger partial charge in [0.1, 0.15) is 0 Å². The molecule has 0 radical (unpaired) electrons. The molecule has 0 aliphatic heterocycles. The molecule has 28 rings (SSSR count). The van der Waals surface area contributed by atoms with Crippen molar-refractivity contribution in [1.82, 2.24) is 0 Å². The Morgan fingerprint density at radius 1 is 0.0676 bits per heavy atom. The van der Waals surface area contributed by atoms with Crippen LogP contribution in [0.3, 0.4) is 0 Å². The van der Waals surface area contributed by atoms with Crippen molar-refractivity contribution in [3.63, 3.8) is 0 Å². The molecule has 0 saturated carbocycles. The molecule has 0 bridgehead atoms. The van der Waals surface area contributed by atoms with Crippen LogP contribution in [0.4, 0.5) is 0 Å². The van der Waals surface area contributed by atoms with Gasteiger partial charge in [-0.3, -0.25) is 0 Å². The van der Waals surface area contributed by atoms with E-state index in [1.165, 1.54) is 275 Å². The first kappa shape index (κ1) is 88.9. The van der Waals surface area contributed by atoms with Gasteiger partial charge in [0.25, 0.3) is 0 Å². The van der Waals surface area contributed by atoms with E-state index in [1.54, 1.807) is 0 Å². The van der Waals surface area contributed by atoms with Crippen molar-refractivity contribution in [2.45, 2.75) is 0 Å². The number of fused-ring (bicyclic) bond motifs is 10. The summed E-state index contributed by atoms with van der Waals surface area (Å²) in [5.74, 6) is 0. The van der Waals surface area contributed by atoms with Gasteiger partial charge in [-0.25, -0.2) is 0 Å². The highest BCUT2D eigenvalue weighted by atomic mass is 14.3. The standard InChI is InChI=1S/C52H34.2C48H32/c1-2-12-35(13-3-1)36-24-26-37(27-25-36)42-32-33-49-50(34-42)51(41-30-28-40(29-31-41)44-22-10-16-38-14-4-6-18-43(38)44)47-20-8-9-21-48(47)52(49)46-23-11-17-39-15-5-7-19-45(39)46;1-3-13-33(14-4-1)35-25-27-36(28-26-35)39-29-30-45-46(32-39)47(40-20-11-19-38(31-40)34-15-5-2-6-16-34)43-22-9-10-23-44(43)48(45)42-24-12-18-37-17-7-8-21-41(37)42;1-3-14-33(15-4-1)34-26-28-35(29-27-34)38-30-31-45-46(32-38)48(41-22-10-9-21-39(41)36-16-5-2-6-17-36)44-24-12-11-23-43(44)47(45)42-25-13-19-37-18-7-8-20-40(37)42/h1-34H;2*1-32H. The minimum Gasteiger partial charge on any atom is -0.0622 e. The van der Waals surface area contributed by atoms with E-state index in [9.17, 15) is 0 Å². The Kier molecular flexibility index (Phi) is 23.6. The van der Waals surface area contributed by atoms with E-state index < -0.39 is 0 Å². The molecule has 0 nitrogen and oxygen atoms in total. The first-order valence-electron chi connectivity index (χ1n) is 51.2. The lowest BCUT2D eigenvalue weighted by Gasteiger charge is -2.21. The van der Waals surface area contributed by atoms with Crippen LogP contribution in [0.15, 0.2) is 595 Å². The van der Waals surface area contributed by atoms with Crippen LogP contribution in [-0.4, -0.2) is 0 Å². The van der Waals surface area contributed by atoms with Gasteiger partial charge < -0.3 is 0 Å². The largest absolute Gasteiger partial charge is 0.0622 e. The van der Waals surface area contributed by atoms with Gasteiger partial charge >= 0.3 is 0 Å². The maximum absolute atomic E-state index is 2.42. The van der Waals surface area contributed by atoms with Crippen LogP contribution in [-0.2, 0) is 0 Å². The predicted octanol–water partition coefficient (Wildman–Crippen LogP) is 41.6. The Morgan fingerprint density at radius 3 is 0.595 bits per heavy atom. The fraction of sp³-hybridized carbons (Fsp3) is 0. The van der Waals surface area contributed by atoms with Crippen LogP contribution in [0, 0.1) is 0 Å². The van der Waals surface area contributed by atoms with Crippen molar-refractivity contribution in [1.29, 1.82) is 0 Å². The van der Waals surface area contributed by atoms with Crippen molar-refractivity contribution in [3.8, 4) is 167 Å². The van der Waals surface area contributed by atoms with Gasteiger partial charge in [0.05, 0.1) is 0 Å². The van der Waals surface area contributed by atoms with E-state index >= 15 is 0 Å². The summed E-state index contributed by atoms with van der Waals surface area (Å²) in [6.45, 7) is 0. The Bertz CT molecular complexity index is 9860. The molecule has 0 aromatic heterocycles. The first-order chi connectivity index (χ1) is 73.4. The van der Waals surface area contributed by atoms with E-state index in [0.717, 1.165) is 0 Å². The zero-order valence-corrected chi connectivity index (χ0v) is 81.6. The van der Waals surface area contributed by atoms with E-state index in [2.05, 4.69) is 595 Å². The topological polar surface area (TPSA) is 0 Å². The smallest absolute Gasteiger partial charge is 0.00199 e. The molecule has 690 valence electrons. The van der Waals surface area contributed by atoms with Gasteiger partial charge in [-0.15, -0.1) is 0 Å². The van der Waals surface area contributed by atoms with Crippen LogP contribution in [0.2, 0.25) is 0 Å². The highest BCUT2D eigenvalue weighted by Crippen LogP contribution is 2.53. The maximum atomic E-state index is 2.42. The quantitative estimate of drug-likeness (QED) is 0.0898. The van der Waals surface area contributed by atoms with Crippen LogP contribution in [0.1, 0.15) is 0 Å². The molecule has 0 atom stereocenters. The summed E-state index contributed by atoms with van der Waals surface area (Å²) in [6, 6.07) is 217. The molecule has 0 saturated heterocycles. The van der Waals surface area contributed by atoms with Crippen molar-refractivity contribution in [3.05, 3.63) is 595 Å². The molecule has 0 spiro atoms. The molecule has 0 heterocycles. The normalized spacial score (nSPS) is 11.4. The number of hydrogen-bond donors (Lipinski definition) is 0. The van der Waals surface area contributed by atoms with Gasteiger partial charge in [0, 0.05) is 0 Å². The zero-order chi connectivity index (χ0) is 98.2. The molecule has 28 aromatic carbocycles. The van der Waals surface area contributed by atoms with Gasteiger partial charge in [-0.1, -0.05) is 570 Å². The Balaban J connectivity index is 0.000000112. The highest BCUT2D eigenvalue weighted by Gasteiger charge is 2.26. The third kappa shape index (κ3) is 16.8. The van der Waals surface area contributed by atoms with Crippen LogP contribution >= 0.6 is 0 Å². The summed E-state index contributed by atoms with van der Waals surface area (Å²) in [5.41, 5.74) is 37.1. The van der Waals surface area contributed by atoms with Crippen LogP contribution < -0.4 is 0 Å². The SMILES string of the molecule is c1ccc(-c2ccc(-c3ccc4c(-c5cccc6ccccc56)c5ccccc5c(-c5ccc(-c6cccc7ccccc67)cc5)c4c3)cc2)cc1.c1ccc(-c2ccc(-c3ccc4c(-c5cccc6ccccc56)c5ccccc5c(-c5cccc(-c6ccccc6)c5)c4c3)cc2)cc1.c1ccc(-c2ccc(-c3ccc4c(-c5cccc6ccccc56)c5ccccc5c(-c5ccccc5-c5ccccc5)c4c3)cc2)cc1. The second kappa shape index (κ2) is 39.2. The minimum atomic E-state index is 1.21. The summed E-state index contributed by atoms with van der Waals surface area (Å²) in [6.07, 6.45) is 0. The summed E-state index contributed by atoms with van der Waals surface area (Å²) in [5, 5.41) is 25.2. The molecular formula is C148H98. The molecule has 148 heavy (non-hydrogen) atoms. The molecule has 0 N–H and O–H groups in total. The van der Waals surface area contributed by atoms with E-state index in [1.807, 2.05) is 0 Å². The summed E-state index contributed by atoms with van der Waals surface area (Å²) >= 11 is 0. The lowest BCUT2D eigenvalue weighted by molar-refractivity contribution is 1.59. The molecular weight excluding hydrogens is 1780 g/mol. The van der Waals surface area contributed by atoms with Crippen molar-refractivity contribution in [2.24, 2.45) is 0 Å². The number of hydrogen-bond acceptors (Lipinski definition) is 0. The molecule has 0 amide bonds. The van der Waals surface area contributed by atoms with Crippen LogP contribution in [0.5, 0.6) is 0 Å². The molecule has 0 heteroatoms. The fourth-order valence-electron chi connectivity index (χ4n) is 23.0. The molecule has 0 aliphatic carbocycles. The summed E-state index contributed by atoms with van der Waals surface area (Å²) < 4.78 is 0. The molecule has 28 aromatic rings. The van der Waals surface area contributed by atoms with Gasteiger partial charge in [-0.05, 0) is 299 Å². The van der Waals surface area contributed by atoms with Crippen molar-refractivity contribution < 1.29 is 0 Å². The first-order valence-corrected chi connectivity index (χ1v) is 51.2. The molecule has 0 aliphatic rings. The summed E-state index contributed by atoms with van der Waals surface area (Å²) in [4.78, 5) is 0. The van der Waals surface area contributed by atoms with E-state index in [0.29, 0.717) is 0 Å². The maximum Gasteiger partial charge on any atom is -0.00199 e. The number of rotatable bonds is 15. The highest BCUT2D eigenvalue weighted by molar-refractivity contribution is 6.28. The van der Waals surface area contributed by atoms with Gasteiger partial charge in [-0.2, -0.15) is 0 Å². The average Bonchev–Trinajstić information content (AvgIpc) is 0.729. The Labute approximate surface area is 862 Å². The fourth-order valence-corrected chi connectivity index (χ4v) is 23.0. The lowest BCUT2D eigenvalue weighted by Crippen LogP contribution is -1.94. The average molecular weight is 1880 g/mol. The summed E-state index contributed by atoms with van der Waals surface area (Å²) in [7, 11) is 0. The zero-order valence-electron chi connectivity index (χ0n) is 81.6. The van der Waals surface area contributed by atoms with E-state index in [4.69, 9.17) is 0 Å². The lowest BCUT2D eigenvalue weighted by atomic mass is 9.82. The van der Waals surface area contributed by atoms with Gasteiger partial charge in [0.15, 0.2) is 0 Å². The van der Waals surface area contributed by atoms with Crippen LogP contribution in [0.25, 0.3) is 275 Å². The monoisotopic (exact) mass is 1870 g/mol. The second-order valence-corrected chi connectivity index (χ2v) is 38.5. The molecule has 0 fully saturated rings.